The van der Waals surface area contributed by atoms with Gasteiger partial charge in [0.1, 0.15) is 18.1 Å². The average molecular weight is 550 g/mol. The van der Waals surface area contributed by atoms with Crippen molar-refractivity contribution < 1.29 is 33.9 Å². The van der Waals surface area contributed by atoms with Crippen molar-refractivity contribution in [2.45, 2.75) is 75.5 Å². The largest absolute Gasteiger partial charge is 0.480 e. The number of primary amides is 2. The molecule has 0 saturated carbocycles. The lowest BCUT2D eigenvalue weighted by molar-refractivity contribution is -0.142. The minimum Gasteiger partial charge on any atom is -0.480 e. The van der Waals surface area contributed by atoms with Crippen LogP contribution in [0.2, 0.25) is 0 Å². The molecule has 4 unspecified atom stereocenters. The van der Waals surface area contributed by atoms with Gasteiger partial charge < -0.3 is 44.0 Å². The predicted octanol–water partition coefficient (Wildman–Crippen LogP) is -2.24. The van der Waals surface area contributed by atoms with Gasteiger partial charge in [-0.3, -0.25) is 24.0 Å². The first-order valence-electron chi connectivity index (χ1n) is 12.6. The van der Waals surface area contributed by atoms with Crippen molar-refractivity contribution in [3.63, 3.8) is 0 Å². The molecule has 5 amide bonds. The van der Waals surface area contributed by atoms with E-state index >= 15 is 0 Å². The van der Waals surface area contributed by atoms with Crippen LogP contribution < -0.4 is 38.9 Å². The van der Waals surface area contributed by atoms with Gasteiger partial charge in [-0.1, -0.05) is 30.3 Å². The third-order valence-electron chi connectivity index (χ3n) is 5.83. The summed E-state index contributed by atoms with van der Waals surface area (Å²) in [6.07, 6.45) is 0.540. The van der Waals surface area contributed by atoms with Crippen molar-refractivity contribution in [3.05, 3.63) is 35.9 Å². The van der Waals surface area contributed by atoms with Gasteiger partial charge in [-0.25, -0.2) is 4.79 Å². The van der Waals surface area contributed by atoms with Crippen molar-refractivity contribution in [1.82, 2.24) is 16.0 Å². The first kappa shape index (κ1) is 33.0. The molecule has 0 aliphatic carbocycles. The topological polar surface area (TPSA) is 263 Å². The number of aliphatic carboxylic acids is 1. The SMILES string of the molecule is NCCCCC(NC(=O)C(N)CCC(N)=O)C(=O)NC(CCC(N)=O)C(=O)NC(Cc1ccccc1)C(=O)O. The van der Waals surface area contributed by atoms with Gasteiger partial charge in [0.15, 0.2) is 0 Å². The van der Waals surface area contributed by atoms with E-state index in [0.29, 0.717) is 24.9 Å². The minimum absolute atomic E-state index is 0.0145. The van der Waals surface area contributed by atoms with Gasteiger partial charge in [0.2, 0.25) is 29.5 Å². The first-order chi connectivity index (χ1) is 18.4. The number of nitrogens with two attached hydrogens (primary N) is 4. The maximum absolute atomic E-state index is 13.1. The van der Waals surface area contributed by atoms with Crippen molar-refractivity contribution in [1.29, 1.82) is 0 Å². The minimum atomic E-state index is -1.32. The molecule has 0 bridgehead atoms. The fourth-order valence-electron chi connectivity index (χ4n) is 3.62. The monoisotopic (exact) mass is 549 g/mol. The lowest BCUT2D eigenvalue weighted by Gasteiger charge is -2.25. The smallest absolute Gasteiger partial charge is 0.326 e. The molecule has 0 heterocycles. The second-order valence-corrected chi connectivity index (χ2v) is 9.11. The fourth-order valence-corrected chi connectivity index (χ4v) is 3.62. The Bertz CT molecular complexity index is 990. The van der Waals surface area contributed by atoms with Crippen molar-refractivity contribution in [3.8, 4) is 0 Å². The lowest BCUT2D eigenvalue weighted by Crippen LogP contribution is -2.57. The third kappa shape index (κ3) is 13.4. The number of carboxylic acids is 1. The van der Waals surface area contributed by atoms with E-state index in [9.17, 15) is 33.9 Å². The molecule has 14 heteroatoms. The number of unbranched alkanes of at least 4 members (excludes halogenated alkanes) is 1. The Labute approximate surface area is 226 Å². The van der Waals surface area contributed by atoms with Crippen LogP contribution in [0.1, 0.15) is 50.5 Å². The van der Waals surface area contributed by atoms with E-state index in [1.165, 1.54) is 0 Å². The highest BCUT2D eigenvalue weighted by molar-refractivity contribution is 5.94. The second-order valence-electron chi connectivity index (χ2n) is 9.11. The number of benzene rings is 1. The van der Waals surface area contributed by atoms with E-state index in [2.05, 4.69) is 16.0 Å². The molecule has 1 aromatic carbocycles. The Morgan fingerprint density at radius 3 is 1.77 bits per heavy atom. The number of amides is 5. The maximum atomic E-state index is 13.1. The quantitative estimate of drug-likeness (QED) is 0.0865. The summed E-state index contributed by atoms with van der Waals surface area (Å²) in [5, 5.41) is 17.0. The maximum Gasteiger partial charge on any atom is 0.326 e. The molecule has 0 aromatic heterocycles. The van der Waals surface area contributed by atoms with Crippen LogP contribution in [0, 0.1) is 0 Å². The molecule has 216 valence electrons. The van der Waals surface area contributed by atoms with Crippen LogP contribution in [-0.2, 0) is 35.2 Å². The Kier molecular flexibility index (Phi) is 14.8. The summed E-state index contributed by atoms with van der Waals surface area (Å²) in [4.78, 5) is 72.9. The van der Waals surface area contributed by atoms with Gasteiger partial charge in [0, 0.05) is 19.3 Å². The summed E-state index contributed by atoms with van der Waals surface area (Å²) in [5.74, 6) is -4.93. The highest BCUT2D eigenvalue weighted by atomic mass is 16.4. The Hall–Kier alpha value is -4.04. The van der Waals surface area contributed by atoms with Gasteiger partial charge in [0.25, 0.3) is 0 Å². The van der Waals surface area contributed by atoms with Crippen molar-refractivity contribution in [2.24, 2.45) is 22.9 Å². The third-order valence-corrected chi connectivity index (χ3v) is 5.83. The Balaban J connectivity index is 3.02. The van der Waals surface area contributed by atoms with Crippen LogP contribution in [0.5, 0.6) is 0 Å². The summed E-state index contributed by atoms with van der Waals surface area (Å²) in [5.41, 5.74) is 22.3. The van der Waals surface area contributed by atoms with Gasteiger partial charge in [-0.05, 0) is 44.2 Å². The molecule has 0 radical (unpaired) electrons. The van der Waals surface area contributed by atoms with E-state index < -0.39 is 59.7 Å². The standard InChI is InChI=1S/C25H39N7O7/c26-13-5-4-8-17(30-22(35)16(27)9-11-20(28)33)23(36)31-18(10-12-21(29)34)24(37)32-19(25(38)39)14-15-6-2-1-3-7-15/h1-3,6-7,16-19H,4-5,8-14,26-27H2,(H2,28,33)(H2,29,34)(H,30,35)(H,31,36)(H,32,37)(H,38,39). The molecule has 0 aliphatic heterocycles. The first-order valence-corrected chi connectivity index (χ1v) is 12.6. The van der Waals surface area contributed by atoms with Gasteiger partial charge in [-0.15, -0.1) is 0 Å². The van der Waals surface area contributed by atoms with Crippen LogP contribution in [0.3, 0.4) is 0 Å². The summed E-state index contributed by atoms with van der Waals surface area (Å²) < 4.78 is 0. The molecule has 0 aliphatic rings. The molecular weight excluding hydrogens is 510 g/mol. The molecule has 0 fully saturated rings. The molecule has 14 nitrogen and oxygen atoms in total. The highest BCUT2D eigenvalue weighted by Gasteiger charge is 2.30. The number of carbonyl (C=O) groups excluding carboxylic acids is 5. The van der Waals surface area contributed by atoms with Gasteiger partial charge in [-0.2, -0.15) is 0 Å². The zero-order valence-electron chi connectivity index (χ0n) is 21.8. The van der Waals surface area contributed by atoms with Gasteiger partial charge in [0.05, 0.1) is 6.04 Å². The second kappa shape index (κ2) is 17.5. The summed E-state index contributed by atoms with van der Waals surface area (Å²) in [7, 11) is 0. The number of hydrogen-bond acceptors (Lipinski definition) is 8. The lowest BCUT2D eigenvalue weighted by atomic mass is 10.0. The fraction of sp³-hybridized carbons (Fsp3) is 0.520. The van der Waals surface area contributed by atoms with E-state index in [4.69, 9.17) is 22.9 Å². The highest BCUT2D eigenvalue weighted by Crippen LogP contribution is 2.08. The molecule has 12 N–H and O–H groups in total. The Morgan fingerprint density at radius 2 is 1.23 bits per heavy atom. The van der Waals surface area contributed by atoms with Gasteiger partial charge >= 0.3 is 5.97 Å². The van der Waals surface area contributed by atoms with E-state index in [-0.39, 0.29) is 38.5 Å². The van der Waals surface area contributed by atoms with Crippen LogP contribution in [0.15, 0.2) is 30.3 Å². The zero-order valence-corrected chi connectivity index (χ0v) is 21.8. The van der Waals surface area contributed by atoms with E-state index in [1.807, 2.05) is 0 Å². The molecule has 1 aromatic rings. The average Bonchev–Trinajstić information content (AvgIpc) is 2.88. The molecule has 0 saturated heterocycles. The molecule has 39 heavy (non-hydrogen) atoms. The normalized spacial score (nSPS) is 13.8. The zero-order chi connectivity index (χ0) is 29.4. The van der Waals surface area contributed by atoms with Crippen molar-refractivity contribution in [2.75, 3.05) is 6.54 Å². The Morgan fingerprint density at radius 1 is 0.718 bits per heavy atom. The van der Waals surface area contributed by atoms with Crippen LogP contribution in [0.25, 0.3) is 0 Å². The molecule has 1 rings (SSSR count). The van der Waals surface area contributed by atoms with E-state index in [1.54, 1.807) is 30.3 Å². The molecule has 0 spiro atoms. The van der Waals surface area contributed by atoms with E-state index in [0.717, 1.165) is 0 Å². The van der Waals surface area contributed by atoms with Crippen molar-refractivity contribution >= 4 is 35.5 Å². The number of rotatable bonds is 19. The predicted molar refractivity (Wildman–Crippen MR) is 141 cm³/mol. The number of nitrogens with one attached hydrogen (secondary N) is 3. The van der Waals surface area contributed by atoms with Crippen LogP contribution in [0.4, 0.5) is 0 Å². The number of carboxylic acid groups (broad SMARTS) is 1. The summed E-state index contributed by atoms with van der Waals surface area (Å²) >= 11 is 0. The van der Waals surface area contributed by atoms with Crippen LogP contribution in [-0.4, -0.2) is 71.3 Å². The molecular formula is C25H39N7O7. The number of carbonyl (C=O) groups is 6. The summed E-state index contributed by atoms with van der Waals surface area (Å²) in [6.45, 7) is 0.349. The number of hydrogen-bond donors (Lipinski definition) is 8. The molecule has 4 atom stereocenters. The van der Waals surface area contributed by atoms with Crippen LogP contribution >= 0.6 is 0 Å². The summed E-state index contributed by atoms with van der Waals surface area (Å²) in [6, 6.07) is 3.78.